The highest BCUT2D eigenvalue weighted by molar-refractivity contribution is 7.22. The highest BCUT2D eigenvalue weighted by atomic mass is 35.5. The summed E-state index contributed by atoms with van der Waals surface area (Å²) >= 11 is 7.22. The topological polar surface area (TPSA) is 82.5 Å². The quantitative estimate of drug-likeness (QED) is 0.905. The van der Waals surface area contributed by atoms with Gasteiger partial charge >= 0.3 is 12.0 Å². The minimum absolute atomic E-state index is 0.0184. The highest BCUT2D eigenvalue weighted by Gasteiger charge is 2.34. The van der Waals surface area contributed by atoms with Crippen molar-refractivity contribution in [1.82, 2.24) is 9.88 Å². The van der Waals surface area contributed by atoms with Crippen LogP contribution in [0.15, 0.2) is 18.2 Å². The number of amides is 2. The van der Waals surface area contributed by atoms with Crippen molar-refractivity contribution in [3.8, 4) is 0 Å². The van der Waals surface area contributed by atoms with Crippen LogP contribution in [0.5, 0.6) is 0 Å². The van der Waals surface area contributed by atoms with E-state index in [0.29, 0.717) is 10.2 Å². The first-order valence-electron chi connectivity index (χ1n) is 6.38. The first kappa shape index (κ1) is 14.1. The number of nitrogens with one attached hydrogen (secondary N) is 1. The van der Waals surface area contributed by atoms with Crippen molar-refractivity contribution in [2.24, 2.45) is 0 Å². The van der Waals surface area contributed by atoms with Crippen LogP contribution in [0.4, 0.5) is 9.93 Å². The second-order valence-corrected chi connectivity index (χ2v) is 6.28. The third-order valence-electron chi connectivity index (χ3n) is 3.12. The van der Waals surface area contributed by atoms with Crippen LogP contribution in [-0.4, -0.2) is 39.6 Å². The van der Waals surface area contributed by atoms with Gasteiger partial charge in [0, 0.05) is 11.1 Å². The fourth-order valence-corrected chi connectivity index (χ4v) is 3.15. The van der Waals surface area contributed by atoms with Crippen LogP contribution in [0.1, 0.15) is 12.8 Å². The van der Waals surface area contributed by atoms with Crippen LogP contribution in [0, 0.1) is 0 Å². The molecule has 0 aliphatic heterocycles. The fraction of sp³-hybridized carbons (Fsp3) is 0.308. The standard InChI is InChI=1S/C13H12ClN3O3S/c14-7-1-4-9-10(5-7)21-12(15-9)16-13(20)17(6-11(18)19)8-2-3-8/h1,4-5,8H,2-3,6H2,(H,18,19)(H,15,16,20). The van der Waals surface area contributed by atoms with Crippen LogP contribution in [0.3, 0.4) is 0 Å². The third-order valence-corrected chi connectivity index (χ3v) is 4.29. The molecule has 1 fully saturated rings. The molecule has 1 aromatic heterocycles. The van der Waals surface area contributed by atoms with Crippen LogP contribution in [-0.2, 0) is 4.79 Å². The van der Waals surface area contributed by atoms with E-state index in [1.165, 1.54) is 16.2 Å². The fourth-order valence-electron chi connectivity index (χ4n) is 2.01. The summed E-state index contributed by atoms with van der Waals surface area (Å²) in [5.74, 6) is -1.02. The second kappa shape index (κ2) is 5.50. The number of rotatable bonds is 4. The largest absolute Gasteiger partial charge is 0.480 e. The minimum atomic E-state index is -1.02. The molecule has 1 heterocycles. The Morgan fingerprint density at radius 2 is 2.24 bits per heavy atom. The molecule has 1 aliphatic rings. The molecule has 110 valence electrons. The van der Waals surface area contributed by atoms with Crippen molar-refractivity contribution in [2.75, 3.05) is 11.9 Å². The zero-order valence-corrected chi connectivity index (χ0v) is 12.4. The van der Waals surface area contributed by atoms with Gasteiger partial charge in [0.2, 0.25) is 0 Å². The number of carbonyl (C=O) groups excluding carboxylic acids is 1. The van der Waals surface area contributed by atoms with Crippen molar-refractivity contribution < 1.29 is 14.7 Å². The van der Waals surface area contributed by atoms with E-state index in [1.54, 1.807) is 18.2 Å². The SMILES string of the molecule is O=C(O)CN(C(=O)Nc1nc2ccc(Cl)cc2s1)C1CC1. The van der Waals surface area contributed by atoms with Crippen molar-refractivity contribution in [3.63, 3.8) is 0 Å². The van der Waals surface area contributed by atoms with E-state index in [9.17, 15) is 9.59 Å². The Morgan fingerprint density at radius 1 is 1.48 bits per heavy atom. The Balaban J connectivity index is 1.76. The molecule has 1 aromatic carbocycles. The van der Waals surface area contributed by atoms with Crippen LogP contribution in [0.25, 0.3) is 10.2 Å². The molecule has 8 heteroatoms. The molecule has 6 nitrogen and oxygen atoms in total. The van der Waals surface area contributed by atoms with Crippen molar-refractivity contribution in [1.29, 1.82) is 0 Å². The van der Waals surface area contributed by atoms with Gasteiger partial charge in [0.25, 0.3) is 0 Å². The van der Waals surface area contributed by atoms with Gasteiger partial charge in [0.05, 0.1) is 10.2 Å². The summed E-state index contributed by atoms with van der Waals surface area (Å²) in [7, 11) is 0. The average molecular weight is 326 g/mol. The molecule has 0 saturated heterocycles. The number of hydrogen-bond acceptors (Lipinski definition) is 4. The number of aromatic nitrogens is 1. The summed E-state index contributed by atoms with van der Waals surface area (Å²) in [5.41, 5.74) is 0.746. The molecule has 1 saturated carbocycles. The number of benzene rings is 1. The molecule has 0 spiro atoms. The summed E-state index contributed by atoms with van der Waals surface area (Å²) in [6.07, 6.45) is 1.69. The van der Waals surface area contributed by atoms with Gasteiger partial charge in [0.1, 0.15) is 6.54 Å². The lowest BCUT2D eigenvalue weighted by Crippen LogP contribution is -2.40. The van der Waals surface area contributed by atoms with Gasteiger partial charge in [-0.15, -0.1) is 0 Å². The van der Waals surface area contributed by atoms with Gasteiger partial charge in [-0.2, -0.15) is 0 Å². The average Bonchev–Trinajstić information content (AvgIpc) is 3.16. The number of nitrogens with zero attached hydrogens (tertiary/aromatic N) is 2. The first-order valence-corrected chi connectivity index (χ1v) is 7.58. The lowest BCUT2D eigenvalue weighted by Gasteiger charge is -2.19. The smallest absolute Gasteiger partial charge is 0.324 e. The van der Waals surface area contributed by atoms with E-state index in [-0.39, 0.29) is 12.6 Å². The number of carbonyl (C=O) groups is 2. The van der Waals surface area contributed by atoms with Crippen molar-refractivity contribution >= 4 is 50.3 Å². The summed E-state index contributed by atoms with van der Waals surface area (Å²) in [6, 6.07) is 4.88. The van der Waals surface area contributed by atoms with Gasteiger partial charge in [-0.1, -0.05) is 22.9 Å². The molecule has 0 unspecified atom stereocenters. The monoisotopic (exact) mass is 325 g/mol. The van der Waals surface area contributed by atoms with E-state index >= 15 is 0 Å². The number of halogens is 1. The predicted molar refractivity (Wildman–Crippen MR) is 81.0 cm³/mol. The lowest BCUT2D eigenvalue weighted by molar-refractivity contribution is -0.137. The zero-order valence-electron chi connectivity index (χ0n) is 10.9. The number of aliphatic carboxylic acids is 1. The van der Waals surface area contributed by atoms with Gasteiger partial charge in [-0.05, 0) is 31.0 Å². The maximum Gasteiger partial charge on any atom is 0.324 e. The molecule has 0 radical (unpaired) electrons. The Labute approximate surface area is 129 Å². The molecular formula is C13H12ClN3O3S. The van der Waals surface area contributed by atoms with Crippen LogP contribution in [0.2, 0.25) is 5.02 Å². The maximum atomic E-state index is 12.2. The number of carboxylic acids is 1. The van der Waals surface area contributed by atoms with Crippen LogP contribution < -0.4 is 5.32 Å². The van der Waals surface area contributed by atoms with Gasteiger partial charge < -0.3 is 10.0 Å². The highest BCUT2D eigenvalue weighted by Crippen LogP contribution is 2.30. The van der Waals surface area contributed by atoms with Gasteiger partial charge in [0.15, 0.2) is 5.13 Å². The number of fused-ring (bicyclic) bond motifs is 1. The Bertz CT molecular complexity index is 714. The summed E-state index contributed by atoms with van der Waals surface area (Å²) in [4.78, 5) is 28.6. The summed E-state index contributed by atoms with van der Waals surface area (Å²) in [5, 5.41) is 12.6. The minimum Gasteiger partial charge on any atom is -0.480 e. The molecule has 2 aromatic rings. The van der Waals surface area contributed by atoms with Crippen LogP contribution >= 0.6 is 22.9 Å². The molecular weight excluding hydrogens is 314 g/mol. The maximum absolute atomic E-state index is 12.2. The zero-order chi connectivity index (χ0) is 15.0. The normalized spacial score (nSPS) is 14.1. The number of urea groups is 1. The first-order chi connectivity index (χ1) is 10.0. The number of hydrogen-bond donors (Lipinski definition) is 2. The Hall–Kier alpha value is -1.86. The number of carboxylic acid groups (broad SMARTS) is 1. The molecule has 2 N–H and O–H groups in total. The molecule has 21 heavy (non-hydrogen) atoms. The second-order valence-electron chi connectivity index (χ2n) is 4.81. The van der Waals surface area contributed by atoms with E-state index in [1.807, 2.05) is 0 Å². The van der Waals surface area contributed by atoms with E-state index in [4.69, 9.17) is 16.7 Å². The molecule has 3 rings (SSSR count). The summed E-state index contributed by atoms with van der Waals surface area (Å²) in [6.45, 7) is -0.298. The summed E-state index contributed by atoms with van der Waals surface area (Å²) < 4.78 is 0.869. The van der Waals surface area contributed by atoms with E-state index < -0.39 is 12.0 Å². The molecule has 1 aliphatic carbocycles. The molecule has 2 amide bonds. The predicted octanol–water partition coefficient (Wildman–Crippen LogP) is 3.03. The van der Waals surface area contributed by atoms with Gasteiger partial charge in [-0.25, -0.2) is 9.78 Å². The van der Waals surface area contributed by atoms with Crippen molar-refractivity contribution in [2.45, 2.75) is 18.9 Å². The molecule has 0 atom stereocenters. The van der Waals surface area contributed by atoms with Crippen molar-refractivity contribution in [3.05, 3.63) is 23.2 Å². The lowest BCUT2D eigenvalue weighted by atomic mass is 10.3. The third kappa shape index (κ3) is 3.25. The number of anilines is 1. The van der Waals surface area contributed by atoms with E-state index in [2.05, 4.69) is 10.3 Å². The molecule has 0 bridgehead atoms. The van der Waals surface area contributed by atoms with E-state index in [0.717, 1.165) is 23.1 Å². The Kier molecular flexibility index (Phi) is 3.69. The number of thiazole rings is 1. The Morgan fingerprint density at radius 3 is 2.90 bits per heavy atom. The van der Waals surface area contributed by atoms with Gasteiger partial charge in [-0.3, -0.25) is 10.1 Å².